The van der Waals surface area contributed by atoms with Gasteiger partial charge >= 0.3 is 0 Å². The molecule has 4 aromatic carbocycles. The van der Waals surface area contributed by atoms with Crippen LogP contribution in [0.3, 0.4) is 0 Å². The quantitative estimate of drug-likeness (QED) is 0.270. The lowest BCUT2D eigenvalue weighted by atomic mass is 9.59. The highest BCUT2D eigenvalue weighted by molar-refractivity contribution is 5.88. The van der Waals surface area contributed by atoms with E-state index in [4.69, 9.17) is 0 Å². The first-order valence-corrected chi connectivity index (χ1v) is 13.7. The molecule has 1 fully saturated rings. The molecule has 0 radical (unpaired) electrons. The maximum atomic E-state index is 2.41. The van der Waals surface area contributed by atoms with Crippen molar-refractivity contribution in [2.75, 3.05) is 0 Å². The van der Waals surface area contributed by atoms with E-state index in [9.17, 15) is 0 Å². The summed E-state index contributed by atoms with van der Waals surface area (Å²) in [6.45, 7) is 15.9. The minimum atomic E-state index is 0.198. The van der Waals surface area contributed by atoms with Gasteiger partial charge in [-0.25, -0.2) is 0 Å². The van der Waals surface area contributed by atoms with E-state index in [1.165, 1.54) is 69.8 Å². The zero-order chi connectivity index (χ0) is 25.9. The van der Waals surface area contributed by atoms with Crippen molar-refractivity contribution in [1.29, 1.82) is 0 Å². The highest BCUT2D eigenvalue weighted by atomic mass is 14.4. The molecule has 0 atom stereocenters. The van der Waals surface area contributed by atoms with Crippen LogP contribution in [-0.4, -0.2) is 0 Å². The Labute approximate surface area is 219 Å². The van der Waals surface area contributed by atoms with Gasteiger partial charge in [-0.2, -0.15) is 0 Å². The molecule has 1 aliphatic carbocycles. The number of rotatable bonds is 2. The third-order valence-electron chi connectivity index (χ3n) is 8.63. The molecule has 188 valence electrons. The van der Waals surface area contributed by atoms with Crippen LogP contribution in [0.15, 0.2) is 84.9 Å². The highest BCUT2D eigenvalue weighted by Gasteiger charge is 2.41. The fourth-order valence-electron chi connectivity index (χ4n) is 6.09. The summed E-state index contributed by atoms with van der Waals surface area (Å²) in [4.78, 5) is 0. The third-order valence-corrected chi connectivity index (χ3v) is 8.63. The Bertz CT molecular complexity index is 1190. The van der Waals surface area contributed by atoms with Crippen LogP contribution in [-0.2, 0) is 5.41 Å². The summed E-state index contributed by atoms with van der Waals surface area (Å²) in [5, 5.41) is 2.75. The molecule has 0 amide bonds. The van der Waals surface area contributed by atoms with Crippen LogP contribution >= 0.6 is 0 Å². The second-order valence-corrected chi connectivity index (χ2v) is 12.2. The second-order valence-electron chi connectivity index (χ2n) is 12.2. The summed E-state index contributed by atoms with van der Waals surface area (Å²) in [7, 11) is 0. The molecule has 0 heterocycles. The van der Waals surface area contributed by atoms with Gasteiger partial charge in [-0.1, -0.05) is 117 Å². The molecule has 0 aliphatic heterocycles. The van der Waals surface area contributed by atoms with Crippen molar-refractivity contribution >= 4 is 10.8 Å². The van der Waals surface area contributed by atoms with Gasteiger partial charge < -0.3 is 0 Å². The summed E-state index contributed by atoms with van der Waals surface area (Å²) in [6.07, 6.45) is 5.18. The van der Waals surface area contributed by atoms with Crippen molar-refractivity contribution in [3.05, 3.63) is 118 Å². The molecule has 0 N–H and O–H groups in total. The Morgan fingerprint density at radius 1 is 0.556 bits per heavy atom. The molecule has 0 unspecified atom stereocenters. The lowest BCUT2D eigenvalue weighted by Gasteiger charge is -2.45. The molecule has 0 aromatic heterocycles. The van der Waals surface area contributed by atoms with Crippen LogP contribution in [0.1, 0.15) is 79.8 Å². The lowest BCUT2D eigenvalue weighted by molar-refractivity contribution is 0.146. The van der Waals surface area contributed by atoms with Crippen LogP contribution in [0.2, 0.25) is 0 Å². The Hall–Kier alpha value is -2.86. The monoisotopic (exact) mass is 476 g/mol. The molecule has 0 nitrogen and oxygen atoms in total. The minimum Gasteiger partial charge on any atom is -0.0614 e. The van der Waals surface area contributed by atoms with E-state index in [0.717, 1.165) is 5.92 Å². The normalized spacial score (nSPS) is 15.9. The third kappa shape index (κ3) is 5.59. The van der Waals surface area contributed by atoms with Gasteiger partial charge in [0.1, 0.15) is 0 Å². The van der Waals surface area contributed by atoms with Gasteiger partial charge in [0.25, 0.3) is 0 Å². The Balaban J connectivity index is 0.000000211. The molecule has 0 saturated heterocycles. The fraction of sp³-hybridized carbons (Fsp3) is 0.389. The number of hydrogen-bond acceptors (Lipinski definition) is 0. The topological polar surface area (TPSA) is 0 Å². The maximum Gasteiger partial charge on any atom is 0.0203 e. The van der Waals surface area contributed by atoms with Crippen molar-refractivity contribution in [3.63, 3.8) is 0 Å². The smallest absolute Gasteiger partial charge is 0.0203 e. The maximum absolute atomic E-state index is 2.41. The molecule has 36 heavy (non-hydrogen) atoms. The number of fused-ring (bicyclic) bond motifs is 1. The second kappa shape index (κ2) is 10.6. The van der Waals surface area contributed by atoms with E-state index in [-0.39, 0.29) is 5.41 Å². The first kappa shape index (κ1) is 26.2. The molecular formula is C36H44. The molecule has 1 saturated carbocycles. The van der Waals surface area contributed by atoms with Crippen LogP contribution < -0.4 is 0 Å². The number of hydrogen-bond donors (Lipinski definition) is 0. The van der Waals surface area contributed by atoms with Gasteiger partial charge in [0.05, 0.1) is 0 Å². The lowest BCUT2D eigenvalue weighted by Crippen LogP contribution is -2.36. The van der Waals surface area contributed by atoms with E-state index in [0.29, 0.717) is 5.41 Å². The molecular weight excluding hydrogens is 432 g/mol. The minimum absolute atomic E-state index is 0.198. The van der Waals surface area contributed by atoms with E-state index in [1.54, 1.807) is 0 Å². The summed E-state index contributed by atoms with van der Waals surface area (Å²) in [6, 6.07) is 31.5. The van der Waals surface area contributed by atoms with Crippen molar-refractivity contribution in [2.24, 2.45) is 11.3 Å². The van der Waals surface area contributed by atoms with Crippen molar-refractivity contribution < 1.29 is 0 Å². The SMILES string of the molecule is Cc1ccc(C2(c3ccc(C)cc3)CCC(C(C)(C)C)CC2)cc1.Cc1cccc2c(C)cccc12. The summed E-state index contributed by atoms with van der Waals surface area (Å²) in [5.74, 6) is 0.835. The molecule has 0 spiro atoms. The average molecular weight is 477 g/mol. The molecule has 4 aromatic rings. The Morgan fingerprint density at radius 2 is 0.944 bits per heavy atom. The zero-order valence-electron chi connectivity index (χ0n) is 23.5. The summed E-state index contributed by atoms with van der Waals surface area (Å²) < 4.78 is 0. The van der Waals surface area contributed by atoms with Crippen molar-refractivity contribution in [1.82, 2.24) is 0 Å². The Morgan fingerprint density at radius 3 is 1.31 bits per heavy atom. The first-order valence-electron chi connectivity index (χ1n) is 13.7. The molecule has 1 aliphatic rings. The van der Waals surface area contributed by atoms with E-state index in [1.807, 2.05) is 0 Å². The van der Waals surface area contributed by atoms with E-state index < -0.39 is 0 Å². The summed E-state index contributed by atoms with van der Waals surface area (Å²) in [5.41, 5.74) is 9.04. The zero-order valence-corrected chi connectivity index (χ0v) is 23.5. The molecule has 0 bridgehead atoms. The van der Waals surface area contributed by atoms with Crippen LogP contribution in [0.5, 0.6) is 0 Å². The number of benzene rings is 4. The van der Waals surface area contributed by atoms with Gasteiger partial charge in [-0.3, -0.25) is 0 Å². The highest BCUT2D eigenvalue weighted by Crippen LogP contribution is 2.50. The van der Waals surface area contributed by atoms with Crippen LogP contribution in [0.4, 0.5) is 0 Å². The van der Waals surface area contributed by atoms with Gasteiger partial charge in [-0.15, -0.1) is 0 Å². The van der Waals surface area contributed by atoms with Crippen LogP contribution in [0, 0.1) is 39.0 Å². The number of aryl methyl sites for hydroxylation is 4. The van der Waals surface area contributed by atoms with Gasteiger partial charge in [0.2, 0.25) is 0 Å². The Kier molecular flexibility index (Phi) is 7.74. The van der Waals surface area contributed by atoms with Gasteiger partial charge in [0.15, 0.2) is 0 Å². The standard InChI is InChI=1S/C24H32.C12H12/c1-18-6-10-21(11-7-18)24(22-12-8-19(2)9-13-22)16-14-20(15-17-24)23(3,4)5;1-9-5-3-8-12-10(2)6-4-7-11(9)12/h6-13,20H,14-17H2,1-5H3;3-8H,1-2H3. The van der Waals surface area contributed by atoms with E-state index in [2.05, 4.69) is 133 Å². The predicted molar refractivity (Wildman–Crippen MR) is 158 cm³/mol. The average Bonchev–Trinajstić information content (AvgIpc) is 2.86. The molecule has 0 heteroatoms. The predicted octanol–water partition coefficient (Wildman–Crippen LogP) is 10.3. The van der Waals surface area contributed by atoms with E-state index >= 15 is 0 Å². The van der Waals surface area contributed by atoms with Crippen molar-refractivity contribution in [2.45, 2.75) is 79.6 Å². The van der Waals surface area contributed by atoms with Crippen molar-refractivity contribution in [3.8, 4) is 0 Å². The first-order chi connectivity index (χ1) is 17.1. The van der Waals surface area contributed by atoms with Gasteiger partial charge in [-0.05, 0) is 97.7 Å². The van der Waals surface area contributed by atoms with Crippen LogP contribution in [0.25, 0.3) is 10.8 Å². The largest absolute Gasteiger partial charge is 0.0614 e. The summed E-state index contributed by atoms with van der Waals surface area (Å²) >= 11 is 0. The molecule has 5 rings (SSSR count). The fourth-order valence-corrected chi connectivity index (χ4v) is 6.09. The van der Waals surface area contributed by atoms with Gasteiger partial charge in [0, 0.05) is 5.41 Å².